The molecule has 0 aromatic heterocycles. The fraction of sp³-hybridized carbons (Fsp3) is 0.562. The van der Waals surface area contributed by atoms with Crippen LogP contribution in [-0.4, -0.2) is 259 Å². The number of aryl methyl sites for hydroxylation is 1. The zero-order valence-corrected chi connectivity index (χ0v) is 79.1. The molecule has 5 saturated heterocycles. The van der Waals surface area contributed by atoms with Gasteiger partial charge in [-0.3, -0.25) is 86.5 Å². The molecule has 5 fully saturated rings. The van der Waals surface area contributed by atoms with E-state index in [1.807, 2.05) is 0 Å². The maximum absolute atomic E-state index is 14.8. The highest BCUT2D eigenvalue weighted by Gasteiger charge is 2.49. The monoisotopic (exact) mass is 1910 g/mol. The average molecular weight is 1910 g/mol. The van der Waals surface area contributed by atoms with Crippen LogP contribution in [0, 0.1) is 18.8 Å². The maximum Gasteiger partial charge on any atom is 0.416 e. The quantitative estimate of drug-likeness (QED) is 0.0977. The molecule has 14 amide bonds. The van der Waals surface area contributed by atoms with E-state index in [0.29, 0.717) is 91.6 Å². The highest BCUT2D eigenvalue weighted by Crippen LogP contribution is 2.44. The first-order chi connectivity index (χ1) is 64.6. The van der Waals surface area contributed by atoms with Crippen LogP contribution >= 0.6 is 23.5 Å². The van der Waals surface area contributed by atoms with Crippen molar-refractivity contribution in [2.75, 3.05) is 61.4 Å². The molecule has 0 radical (unpaired) electrons. The van der Waals surface area contributed by atoms with Gasteiger partial charge in [-0.2, -0.15) is 0 Å². The molecule has 12 bridgehead atoms. The fourth-order valence-electron chi connectivity index (χ4n) is 17.9. The van der Waals surface area contributed by atoms with Crippen LogP contribution in [0.3, 0.4) is 0 Å². The Morgan fingerprint density at radius 2 is 0.807 bits per heavy atom. The number of amides is 14. The molecule has 14 rings (SSSR count). The van der Waals surface area contributed by atoms with Gasteiger partial charge in [0, 0.05) is 108 Å². The fourth-order valence-corrected chi connectivity index (χ4v) is 20.6. The van der Waals surface area contributed by atoms with Crippen LogP contribution in [0.1, 0.15) is 225 Å². The molecule has 0 saturated carbocycles. The molecule has 10 heterocycles. The number of methoxy groups -OCH3 is 1. The van der Waals surface area contributed by atoms with Gasteiger partial charge in [-0.25, -0.2) is 19.4 Å². The summed E-state index contributed by atoms with van der Waals surface area (Å²) in [6.07, 6.45) is -4.16. The standard InChI is InChI=1S/C96H122N12O25S2/c1-53(2)83-87(119)97-56(6)70(111)43-58-28-32-60(33-29-58)50-132-95(127)107-66-46-72(55(5)42-62(66)89(121)103-36-16-20-64(103)91(107)123)130-40-14-9-15-41-131-74-47-67-63(45-73(74)129-8)90(122)104-37-17-21-65(104)92(124)108(67)96(128)133-51-61-34-30-59(31-35-61)44-71(112)57(7)98-88(120)84(54(3)4)100-78(114)25-13-11-23-69(110)86-85(68(109)22-10-12-24-77(113)99-83)101-79(115)26-18-38-105-81(117)48-75(93(105)125)134-52-135-76-49-82(118)106(94(76)126)39-19-27-80(116)102-86/h28-35,42,45-47,53-54,56-57,64-65,75-76,83-86,91-92,123-124H,9-27,36-41,43-44,48-52H2,1-8H3,(H,97,119)(H,98,120)(H,99,113)(H,100,114)(H,101,115)(H,102,116). The molecule has 39 heteroatoms. The second-order valence-electron chi connectivity index (χ2n) is 36.2. The number of benzene rings is 4. The van der Waals surface area contributed by atoms with Crippen molar-refractivity contribution in [3.05, 3.63) is 112 Å². The lowest BCUT2D eigenvalue weighted by molar-refractivity contribution is -0.140. The van der Waals surface area contributed by atoms with Crippen LogP contribution in [0.2, 0.25) is 0 Å². The predicted molar refractivity (Wildman–Crippen MR) is 493 cm³/mol. The van der Waals surface area contributed by atoms with Gasteiger partial charge < -0.3 is 75.6 Å². The number of fused-ring (bicyclic) bond motifs is 8. The minimum Gasteiger partial charge on any atom is -0.493 e. The number of ketones is 4. The summed E-state index contributed by atoms with van der Waals surface area (Å²) >= 11 is 2.31. The van der Waals surface area contributed by atoms with Crippen molar-refractivity contribution in [2.24, 2.45) is 11.8 Å². The van der Waals surface area contributed by atoms with E-state index in [4.69, 9.17) is 23.7 Å². The molecular formula is C96H122N12O25S2. The molecule has 0 spiro atoms. The van der Waals surface area contributed by atoms with Crippen molar-refractivity contribution in [2.45, 2.75) is 281 Å². The van der Waals surface area contributed by atoms with E-state index < -0.39 is 183 Å². The molecule has 728 valence electrons. The summed E-state index contributed by atoms with van der Waals surface area (Å²) in [7, 11) is 1.41. The maximum atomic E-state index is 14.8. The van der Waals surface area contributed by atoms with Gasteiger partial charge in [0.1, 0.15) is 43.1 Å². The highest BCUT2D eigenvalue weighted by atomic mass is 32.2. The molecule has 37 nitrogen and oxygen atoms in total. The summed E-state index contributed by atoms with van der Waals surface area (Å²) < 4.78 is 30.1. The Hall–Kier alpha value is -11.8. The molecular weight excluding hydrogens is 1790 g/mol. The minimum absolute atomic E-state index is 0.0193. The number of ether oxygens (including phenoxy) is 5. The van der Waals surface area contributed by atoms with Gasteiger partial charge >= 0.3 is 12.2 Å². The Bertz CT molecular complexity index is 5060. The van der Waals surface area contributed by atoms with Crippen molar-refractivity contribution >= 4 is 141 Å². The van der Waals surface area contributed by atoms with E-state index >= 15 is 0 Å². The van der Waals surface area contributed by atoms with Gasteiger partial charge in [0.15, 0.2) is 47.1 Å². The number of hydrogen-bond donors (Lipinski definition) is 8. The molecule has 12 atom stereocenters. The van der Waals surface area contributed by atoms with E-state index in [-0.39, 0.29) is 187 Å². The van der Waals surface area contributed by atoms with Crippen LogP contribution in [0.5, 0.6) is 17.2 Å². The number of carbonyl (C=O) groups is 18. The lowest BCUT2D eigenvalue weighted by Gasteiger charge is -2.31. The lowest BCUT2D eigenvalue weighted by Crippen LogP contribution is -2.59. The van der Waals surface area contributed by atoms with Crippen molar-refractivity contribution in [3.63, 3.8) is 0 Å². The SMILES string of the molecule is COc1cc2c3cc1OCCCCCOc1cc4c(cc1C)C(=O)N1CCCC1C(O)N4C(=O)OCc1ccc(cc1)CC(=O)C(C)NC(=O)C(C(C)C)NC(=O)CCCCC(=O)C1NC(=O)CCCN4C(=O)CC(SCSC5CC(=O)N(CCCC(=O)NC1C(=O)CCCCC(=O)NC(C(C)C)C(=O)NC(C)C(=O)Cc1ccc(cc1)COC(=O)N3C(O)C1CCCN1C2=O)C5=O)C4=O. The van der Waals surface area contributed by atoms with E-state index in [1.54, 1.807) is 100 Å². The van der Waals surface area contributed by atoms with Crippen molar-refractivity contribution in [1.29, 1.82) is 0 Å². The molecule has 135 heavy (non-hydrogen) atoms. The number of hydrogen-bond acceptors (Lipinski definition) is 27. The van der Waals surface area contributed by atoms with Gasteiger partial charge in [0.2, 0.25) is 59.1 Å². The smallest absolute Gasteiger partial charge is 0.416 e. The Kier molecular flexibility index (Phi) is 35.6. The van der Waals surface area contributed by atoms with Crippen LogP contribution in [-0.2, 0) is 103 Å². The van der Waals surface area contributed by atoms with E-state index in [1.165, 1.54) is 38.0 Å². The summed E-state index contributed by atoms with van der Waals surface area (Å²) in [4.78, 5) is 259. The lowest BCUT2D eigenvalue weighted by atomic mass is 9.92. The number of thioether (sulfide) groups is 2. The van der Waals surface area contributed by atoms with Gasteiger partial charge in [-0.05, 0) is 156 Å². The number of Topliss-reactive ketones (excluding diaryl/α,β-unsaturated/α-hetero) is 4. The number of imide groups is 2. The highest BCUT2D eigenvalue weighted by molar-refractivity contribution is 8.17. The second kappa shape index (κ2) is 47.1. The zero-order valence-electron chi connectivity index (χ0n) is 77.4. The Labute approximate surface area is 791 Å². The number of anilines is 2. The second-order valence-corrected chi connectivity index (χ2v) is 39.0. The van der Waals surface area contributed by atoms with Crippen molar-refractivity contribution in [1.82, 2.24) is 51.5 Å². The third-order valence-corrected chi connectivity index (χ3v) is 28.3. The van der Waals surface area contributed by atoms with E-state index in [0.717, 1.165) is 43.1 Å². The predicted octanol–water partition coefficient (Wildman–Crippen LogP) is 6.80. The van der Waals surface area contributed by atoms with Crippen molar-refractivity contribution in [3.8, 4) is 17.2 Å². The average Bonchev–Trinajstić information content (AvgIpc) is 1.61. The van der Waals surface area contributed by atoms with Crippen LogP contribution in [0.15, 0.2) is 72.8 Å². The van der Waals surface area contributed by atoms with E-state index in [2.05, 4.69) is 31.9 Å². The van der Waals surface area contributed by atoms with Crippen LogP contribution in [0.4, 0.5) is 21.0 Å². The molecule has 10 aliphatic heterocycles. The molecule has 8 N–H and O–H groups in total. The van der Waals surface area contributed by atoms with Gasteiger partial charge in [0.05, 0.1) is 77.5 Å². The molecule has 4 aromatic rings. The molecule has 12 unspecified atom stereocenters. The summed E-state index contributed by atoms with van der Waals surface area (Å²) in [5.74, 6) is -9.50. The number of aliphatic hydroxyl groups is 2. The molecule has 0 aliphatic carbocycles. The number of nitrogens with one attached hydrogen (secondary N) is 6. The number of nitrogens with zero attached hydrogens (tertiary/aromatic N) is 6. The normalized spacial score (nSPS) is 26.5. The molecule has 10 aliphatic rings. The van der Waals surface area contributed by atoms with Gasteiger partial charge in [0.25, 0.3) is 11.8 Å². The first kappa shape index (κ1) is 102. The zero-order chi connectivity index (χ0) is 97.2. The number of carbonyl (C=O) groups excluding carboxylic acids is 18. The third kappa shape index (κ3) is 25.7. The third-order valence-electron chi connectivity index (χ3n) is 25.7. The van der Waals surface area contributed by atoms with Crippen LogP contribution in [0.25, 0.3) is 0 Å². The first-order valence-corrected chi connectivity index (χ1v) is 48.7. The summed E-state index contributed by atoms with van der Waals surface area (Å²) in [6, 6.07) is 9.82. The number of rotatable bonds is 3. The summed E-state index contributed by atoms with van der Waals surface area (Å²) in [5, 5.41) is 38.9. The van der Waals surface area contributed by atoms with E-state index in [9.17, 15) is 96.5 Å². The summed E-state index contributed by atoms with van der Waals surface area (Å²) in [5.41, 5.74) is 2.99. The Morgan fingerprint density at radius 1 is 0.422 bits per heavy atom. The van der Waals surface area contributed by atoms with Gasteiger partial charge in [-0.15, -0.1) is 23.5 Å². The molecule has 4 aromatic carbocycles. The van der Waals surface area contributed by atoms with Gasteiger partial charge in [-0.1, -0.05) is 76.2 Å². The van der Waals surface area contributed by atoms with Crippen molar-refractivity contribution < 1.29 is 120 Å². The largest absolute Gasteiger partial charge is 0.493 e. The minimum atomic E-state index is -1.76. The first-order valence-electron chi connectivity index (χ1n) is 46.6. The number of aliphatic hydroxyl groups excluding tert-OH is 2. The Morgan fingerprint density at radius 3 is 1.23 bits per heavy atom. The topological polar surface area (TPSA) is 485 Å². The Balaban J connectivity index is 0.755. The van der Waals surface area contributed by atoms with Crippen LogP contribution < -0.4 is 55.9 Å². The summed E-state index contributed by atoms with van der Waals surface area (Å²) in [6.45, 7) is 11.5.